The van der Waals surface area contributed by atoms with Crippen molar-refractivity contribution in [3.63, 3.8) is 0 Å². The van der Waals surface area contributed by atoms with E-state index in [9.17, 15) is 45.1 Å². The minimum absolute atomic E-state index is 0. The Labute approximate surface area is 618 Å². The molecule has 4 aliphatic carbocycles. The normalized spacial score (nSPS) is 22.8. The van der Waals surface area contributed by atoms with E-state index in [1.807, 2.05) is 13.0 Å². The maximum Gasteiger partial charge on any atom is 1.00 e. The average Bonchev–Trinajstić information content (AvgIpc) is 1.58. The Balaban J connectivity index is 0.000000207. The molecule has 5 aromatic rings. The predicted octanol–water partition coefficient (Wildman–Crippen LogP) is 5.40. The Hall–Kier alpha value is -5.28. The zero-order chi connectivity index (χ0) is 69.3. The summed E-state index contributed by atoms with van der Waals surface area (Å²) in [6, 6.07) is 47.4. The van der Waals surface area contributed by atoms with E-state index in [2.05, 4.69) is 205 Å². The van der Waals surface area contributed by atoms with Gasteiger partial charge in [-0.25, -0.2) is 16.8 Å². The number of hydrogen-bond donors (Lipinski definition) is 0. The maximum absolute atomic E-state index is 11.8. The standard InChI is InChI=1S/C25H30NOS.C25H32NOS.2C12H16O7S.BrH.Na/c1-20-18-24(19-21(2)25(20)27-17-11-16-26(3)4)28(22-12-7-5-8-13-22)23-14-9-6-10-15-23;1-6-25(27-19-13-18-26(4)5)21(2)20-22(3)28(23-14-9-7-10-15-23)24-16-11-8-12-17-24;2*13-10(5-20(15,16)17)19-11-7-1-6-2-8(4-7)12(14)18-9(11)3-6;;/h5-10,12-15,18-19H,11,16-17H2,1-4H3;6-12,14-17,20H,3,13,18-19H2,1-2,4-5H3;2*6-9,11H,1-5H2,(H,15,16,17);1H;/q2*+1;;;;+1/p-3/b;21-20-,25-6-;;;;. The maximum atomic E-state index is 11.8. The molecule has 8 bridgehead atoms. The second kappa shape index (κ2) is 38.7. The fraction of sp³-hybridized carbons (Fsp3) is 0.459. The van der Waals surface area contributed by atoms with Gasteiger partial charge >= 0.3 is 53.4 Å². The number of halogens is 1. The number of benzene rings is 5. The van der Waals surface area contributed by atoms with Gasteiger partial charge in [0.25, 0.3) is 0 Å². The van der Waals surface area contributed by atoms with Crippen molar-refractivity contribution in [3.8, 4) is 5.75 Å². The molecule has 0 N–H and O–H groups in total. The number of fused-ring (bicyclic) bond motifs is 2. The number of aryl methyl sites for hydroxylation is 2. The van der Waals surface area contributed by atoms with Crippen LogP contribution in [-0.2, 0) is 84.9 Å². The van der Waals surface area contributed by atoms with Crippen LogP contribution in [-0.4, -0.2) is 150 Å². The molecule has 8 aliphatic rings. The molecule has 10 atom stereocenters. The number of nitrogens with zero attached hydrogens (tertiary/aromatic N) is 2. The summed E-state index contributed by atoms with van der Waals surface area (Å²) in [4.78, 5) is 58.7. The third-order valence-corrected chi connectivity index (χ3v) is 23.2. The van der Waals surface area contributed by atoms with Gasteiger partial charge in [-0.2, -0.15) is 0 Å². The Bertz CT molecular complexity index is 3540. The number of hydrogen-bond acceptors (Lipinski definition) is 18. The second-order valence-corrected chi connectivity index (χ2v) is 32.9. The van der Waals surface area contributed by atoms with E-state index in [0.717, 1.165) is 86.8 Å². The number of esters is 4. The fourth-order valence-corrected chi connectivity index (χ4v) is 18.8. The van der Waals surface area contributed by atoms with Crippen molar-refractivity contribution in [3.05, 3.63) is 180 Å². The molecule has 4 saturated heterocycles. The van der Waals surface area contributed by atoms with E-state index >= 15 is 0 Å². The van der Waals surface area contributed by atoms with E-state index < -0.39 is 68.1 Å². The minimum atomic E-state index is -4.65. The molecule has 4 aliphatic heterocycles. The molecular weight excluding hydrogens is 1400 g/mol. The molecule has 13 rings (SSSR count). The fourth-order valence-electron chi connectivity index (χ4n) is 13.8. The Kier molecular flexibility index (Phi) is 32.2. The molecule has 18 nitrogen and oxygen atoms in total. The zero-order valence-corrected chi connectivity index (χ0v) is 64.4. The molecule has 0 aromatic heterocycles. The summed E-state index contributed by atoms with van der Waals surface area (Å²) in [5, 5.41) is 0. The summed E-state index contributed by atoms with van der Waals surface area (Å²) >= 11 is 0. The quantitative estimate of drug-likeness (QED) is 0.0110. The third kappa shape index (κ3) is 24.5. The van der Waals surface area contributed by atoms with E-state index in [-0.39, 0.29) is 104 Å². The number of allylic oxidation sites excluding steroid dienone is 3. The summed E-state index contributed by atoms with van der Waals surface area (Å²) in [6.45, 7) is 16.4. The summed E-state index contributed by atoms with van der Waals surface area (Å²) in [5.74, 6) is -2.47. The van der Waals surface area contributed by atoms with Gasteiger partial charge < -0.3 is 64.3 Å². The molecule has 24 heteroatoms. The second-order valence-electron chi connectivity index (χ2n) is 26.0. The van der Waals surface area contributed by atoms with Gasteiger partial charge in [0, 0.05) is 43.1 Å². The van der Waals surface area contributed by atoms with Crippen LogP contribution in [0.5, 0.6) is 5.75 Å². The first-order valence-corrected chi connectivity index (χ1v) is 38.4. The Morgan fingerprint density at radius 1 is 0.592 bits per heavy atom. The molecule has 526 valence electrons. The van der Waals surface area contributed by atoms with Crippen LogP contribution in [0.15, 0.2) is 193 Å². The first kappa shape index (κ1) is 81.7. The van der Waals surface area contributed by atoms with Crippen LogP contribution in [0.2, 0.25) is 0 Å². The van der Waals surface area contributed by atoms with Gasteiger partial charge in [-0.1, -0.05) is 72.8 Å². The van der Waals surface area contributed by atoms with Crippen LogP contribution >= 0.6 is 0 Å². The van der Waals surface area contributed by atoms with Gasteiger partial charge in [-0.05, 0) is 210 Å². The first-order valence-electron chi connectivity index (χ1n) is 32.8. The Morgan fingerprint density at radius 2 is 0.980 bits per heavy atom. The van der Waals surface area contributed by atoms with Crippen molar-refractivity contribution in [2.75, 3.05) is 66.0 Å². The van der Waals surface area contributed by atoms with Crippen LogP contribution in [0, 0.1) is 49.4 Å². The number of carbonyl (C=O) groups is 4. The summed E-state index contributed by atoms with van der Waals surface area (Å²) in [7, 11) is -1.27. The smallest absolute Gasteiger partial charge is 1.00 e. The van der Waals surface area contributed by atoms with E-state index in [4.69, 9.17) is 28.4 Å². The molecule has 98 heavy (non-hydrogen) atoms. The molecule has 4 heterocycles. The van der Waals surface area contributed by atoms with Gasteiger partial charge in [0.2, 0.25) is 0 Å². The molecule has 0 amide bonds. The van der Waals surface area contributed by atoms with E-state index in [1.165, 1.54) is 35.6 Å². The van der Waals surface area contributed by atoms with Gasteiger partial charge in [0.05, 0.1) is 46.8 Å². The molecule has 5 aromatic carbocycles. The van der Waals surface area contributed by atoms with Crippen molar-refractivity contribution in [2.24, 2.45) is 35.5 Å². The third-order valence-electron chi connectivity index (χ3n) is 17.7. The number of ether oxygens (including phenoxy) is 6. The molecular formula is C74H92BrN2NaO16S4. The van der Waals surface area contributed by atoms with Gasteiger partial charge in [0.1, 0.15) is 67.7 Å². The molecule has 4 saturated carbocycles. The number of carbonyl (C=O) groups excluding carboxylic acids is 4. The predicted molar refractivity (Wildman–Crippen MR) is 369 cm³/mol. The zero-order valence-electron chi connectivity index (χ0n) is 57.6. The topological polar surface area (TPSA) is 245 Å². The van der Waals surface area contributed by atoms with Crippen LogP contribution in [0.25, 0.3) is 0 Å². The Morgan fingerprint density at radius 3 is 1.36 bits per heavy atom. The van der Waals surface area contributed by atoms with Crippen LogP contribution in [0.4, 0.5) is 0 Å². The van der Waals surface area contributed by atoms with Gasteiger partial charge in [-0.3, -0.25) is 19.2 Å². The minimum Gasteiger partial charge on any atom is -1.00 e. The van der Waals surface area contributed by atoms with Crippen molar-refractivity contribution in [1.29, 1.82) is 0 Å². The van der Waals surface area contributed by atoms with Crippen molar-refractivity contribution in [1.82, 2.24) is 9.80 Å². The van der Waals surface area contributed by atoms with Gasteiger partial charge in [0.15, 0.2) is 29.4 Å². The number of rotatable bonds is 24. The molecule has 0 radical (unpaired) electrons. The summed E-state index contributed by atoms with van der Waals surface area (Å²) in [6.07, 6.45) is 9.85. The van der Waals surface area contributed by atoms with Gasteiger partial charge in [-0.15, -0.1) is 0 Å². The van der Waals surface area contributed by atoms with E-state index in [1.54, 1.807) is 0 Å². The van der Waals surface area contributed by atoms with Crippen molar-refractivity contribution < 1.29 is 120 Å². The molecule has 10 unspecified atom stereocenters. The average molecular weight is 1500 g/mol. The van der Waals surface area contributed by atoms with Crippen LogP contribution in [0.3, 0.4) is 0 Å². The van der Waals surface area contributed by atoms with Crippen molar-refractivity contribution in [2.45, 2.75) is 141 Å². The summed E-state index contributed by atoms with van der Waals surface area (Å²) in [5.41, 5.74) is 3.54. The first-order chi connectivity index (χ1) is 45.7. The monoisotopic (exact) mass is 1490 g/mol. The van der Waals surface area contributed by atoms with Crippen molar-refractivity contribution >= 4 is 65.9 Å². The summed E-state index contributed by atoms with van der Waals surface area (Å²) < 4.78 is 96.5. The van der Waals surface area contributed by atoms with Crippen LogP contribution in [0.1, 0.15) is 89.2 Å². The molecule has 0 spiro atoms. The largest absolute Gasteiger partial charge is 1.00 e. The SMILES string of the molecule is C=C(/C=C(C)\C(=C\C)OCCCN(C)C)[S+](c1ccccc1)c1ccccc1.Cc1cc([S+](c2ccccc2)c2ccccc2)cc(C)c1OCCCN(C)C.O=C(CS(=O)(=O)[O-])OC1C2CC3CC(C2)C(=O)OC1C3.O=C(CS(=O)(=O)[O-])OC1C2CC3CC(C2)C(=O)OC1C3.[Br-].[Na+]. The molecule has 8 fully saturated rings. The van der Waals surface area contributed by atoms with E-state index in [0.29, 0.717) is 37.5 Å². The van der Waals surface area contributed by atoms with Crippen LogP contribution < -0.4 is 51.3 Å².